The number of carbonyl (C=O) groups is 2. The number of hydrogen-bond donors (Lipinski definition) is 2. The topological polar surface area (TPSA) is 121 Å². The number of nitrogens with zero attached hydrogens (tertiary/aromatic N) is 3. The van der Waals surface area contributed by atoms with Crippen molar-refractivity contribution in [2.75, 3.05) is 4.90 Å². The number of benzene rings is 1. The van der Waals surface area contributed by atoms with Gasteiger partial charge in [-0.3, -0.25) is 19.5 Å². The zero-order valence-corrected chi connectivity index (χ0v) is 23.3. The van der Waals surface area contributed by atoms with Gasteiger partial charge < -0.3 is 5.32 Å². The van der Waals surface area contributed by atoms with Crippen LogP contribution < -0.4 is 14.9 Å². The van der Waals surface area contributed by atoms with E-state index in [1.165, 1.54) is 47.0 Å². The number of rotatable bonds is 9. The number of thiophene rings is 1. The number of carbonyl (C=O) groups excluding carboxylic acids is 2. The average molecular weight is 568 g/mol. The number of nitrogens with one attached hydrogen (secondary N) is 2. The van der Waals surface area contributed by atoms with Crippen molar-refractivity contribution in [2.24, 2.45) is 0 Å². The van der Waals surface area contributed by atoms with E-state index < -0.39 is 22.0 Å². The monoisotopic (exact) mass is 567 g/mol. The Balaban J connectivity index is 1.50. The van der Waals surface area contributed by atoms with Crippen LogP contribution in [0, 0.1) is 0 Å². The lowest BCUT2D eigenvalue weighted by atomic mass is 9.95. The van der Waals surface area contributed by atoms with Crippen molar-refractivity contribution >= 4 is 38.9 Å². The Morgan fingerprint density at radius 1 is 0.923 bits per heavy atom. The van der Waals surface area contributed by atoms with Gasteiger partial charge in [0.15, 0.2) is 6.04 Å². The second kappa shape index (κ2) is 12.4. The van der Waals surface area contributed by atoms with Gasteiger partial charge in [-0.05, 0) is 61.4 Å². The first-order valence-corrected chi connectivity index (χ1v) is 15.8. The highest BCUT2D eigenvalue weighted by atomic mass is 32.2. The molecule has 1 aromatic carbocycles. The normalized spacial score (nSPS) is 17.5. The predicted octanol–water partition coefficient (Wildman–Crippen LogP) is 4.60. The molecule has 206 valence electrons. The van der Waals surface area contributed by atoms with Gasteiger partial charge in [-0.25, -0.2) is 18.1 Å². The van der Waals surface area contributed by atoms with Gasteiger partial charge in [0.1, 0.15) is 5.69 Å². The van der Waals surface area contributed by atoms with Crippen LogP contribution in [-0.2, 0) is 14.8 Å². The highest BCUT2D eigenvalue weighted by Crippen LogP contribution is 2.33. The Hall–Kier alpha value is -3.15. The lowest BCUT2D eigenvalue weighted by Gasteiger charge is -2.32. The second-order valence-electron chi connectivity index (χ2n) is 10.1. The van der Waals surface area contributed by atoms with Crippen LogP contribution in [-0.4, -0.2) is 42.3 Å². The van der Waals surface area contributed by atoms with E-state index in [2.05, 4.69) is 20.0 Å². The van der Waals surface area contributed by atoms with Crippen molar-refractivity contribution in [3.63, 3.8) is 0 Å². The minimum Gasteiger partial charge on any atom is -0.351 e. The highest BCUT2D eigenvalue weighted by molar-refractivity contribution is 7.89. The fourth-order valence-corrected chi connectivity index (χ4v) is 7.50. The smallest absolute Gasteiger partial charge is 0.279 e. The molecule has 39 heavy (non-hydrogen) atoms. The second-order valence-corrected chi connectivity index (χ2v) is 12.8. The minimum absolute atomic E-state index is 0.0522. The van der Waals surface area contributed by atoms with E-state index in [1.54, 1.807) is 12.1 Å². The van der Waals surface area contributed by atoms with E-state index in [9.17, 15) is 18.0 Å². The van der Waals surface area contributed by atoms with Gasteiger partial charge >= 0.3 is 0 Å². The van der Waals surface area contributed by atoms with Gasteiger partial charge in [0, 0.05) is 35.0 Å². The average Bonchev–Trinajstić information content (AvgIpc) is 3.67. The first-order chi connectivity index (χ1) is 18.9. The summed E-state index contributed by atoms with van der Waals surface area (Å²) in [5, 5.41) is 5.04. The van der Waals surface area contributed by atoms with E-state index in [1.807, 2.05) is 17.5 Å². The van der Waals surface area contributed by atoms with Crippen molar-refractivity contribution in [2.45, 2.75) is 80.8 Å². The summed E-state index contributed by atoms with van der Waals surface area (Å²) >= 11 is 1.39. The molecule has 2 fully saturated rings. The van der Waals surface area contributed by atoms with Crippen LogP contribution in [0.15, 0.2) is 65.3 Å². The number of amides is 2. The van der Waals surface area contributed by atoms with Gasteiger partial charge in [0.25, 0.3) is 5.91 Å². The minimum atomic E-state index is -3.71. The van der Waals surface area contributed by atoms with Crippen molar-refractivity contribution < 1.29 is 18.0 Å². The molecular formula is C28H33N5O4S2. The molecule has 11 heteroatoms. The van der Waals surface area contributed by atoms with Crippen molar-refractivity contribution in [3.8, 4) is 0 Å². The van der Waals surface area contributed by atoms with Crippen molar-refractivity contribution in [1.29, 1.82) is 0 Å². The largest absolute Gasteiger partial charge is 0.351 e. The van der Waals surface area contributed by atoms with Gasteiger partial charge in [0.05, 0.1) is 11.1 Å². The molecule has 0 saturated heterocycles. The molecule has 1 atom stereocenters. The molecule has 0 spiro atoms. The Bertz CT molecular complexity index is 1350. The van der Waals surface area contributed by atoms with Crippen molar-refractivity contribution in [3.05, 3.63) is 70.9 Å². The summed E-state index contributed by atoms with van der Waals surface area (Å²) in [5.41, 5.74) is 0.479. The lowest BCUT2D eigenvalue weighted by Crippen LogP contribution is -2.47. The molecule has 1 unspecified atom stereocenters. The van der Waals surface area contributed by atoms with Gasteiger partial charge in [-0.15, -0.1) is 11.3 Å². The van der Waals surface area contributed by atoms with E-state index in [-0.39, 0.29) is 28.6 Å². The van der Waals surface area contributed by atoms with Crippen LogP contribution >= 0.6 is 11.3 Å². The van der Waals surface area contributed by atoms with E-state index >= 15 is 0 Å². The Morgan fingerprint density at radius 2 is 1.62 bits per heavy atom. The Morgan fingerprint density at radius 3 is 2.26 bits per heavy atom. The van der Waals surface area contributed by atoms with Crippen LogP contribution in [0.3, 0.4) is 0 Å². The summed E-state index contributed by atoms with van der Waals surface area (Å²) in [6, 6.07) is 8.82. The predicted molar refractivity (Wildman–Crippen MR) is 150 cm³/mol. The van der Waals surface area contributed by atoms with Crippen LogP contribution in [0.1, 0.15) is 79.2 Å². The maximum absolute atomic E-state index is 13.9. The third kappa shape index (κ3) is 6.54. The van der Waals surface area contributed by atoms with E-state index in [0.29, 0.717) is 10.6 Å². The molecule has 0 aliphatic heterocycles. The van der Waals surface area contributed by atoms with E-state index in [4.69, 9.17) is 0 Å². The third-order valence-corrected chi connectivity index (χ3v) is 9.84. The van der Waals surface area contributed by atoms with E-state index in [0.717, 1.165) is 57.8 Å². The molecule has 5 rings (SSSR count). The molecule has 9 nitrogen and oxygen atoms in total. The first-order valence-electron chi connectivity index (χ1n) is 13.5. The van der Waals surface area contributed by atoms with Gasteiger partial charge in [-0.1, -0.05) is 38.2 Å². The highest BCUT2D eigenvalue weighted by Gasteiger charge is 2.36. The summed E-state index contributed by atoms with van der Waals surface area (Å²) in [6.07, 6.45) is 13.0. The van der Waals surface area contributed by atoms with Crippen LogP contribution in [0.4, 0.5) is 5.69 Å². The number of hydrogen-bond acceptors (Lipinski definition) is 7. The quantitative estimate of drug-likeness (QED) is 0.390. The van der Waals surface area contributed by atoms with Gasteiger partial charge in [-0.2, -0.15) is 0 Å². The molecule has 2 aromatic heterocycles. The SMILES string of the molecule is O=C(NC1CCCCC1)C(c1cccs1)N(C(=O)c1cnccn1)c1ccc(S(=O)(=O)NC2CCCC2)cc1. The fraction of sp³-hybridized carbons (Fsp3) is 0.429. The summed E-state index contributed by atoms with van der Waals surface area (Å²) < 4.78 is 28.8. The number of anilines is 1. The molecular weight excluding hydrogens is 534 g/mol. The Labute approximate surface area is 233 Å². The van der Waals surface area contributed by atoms with Crippen LogP contribution in [0.25, 0.3) is 0 Å². The third-order valence-electron chi connectivity index (χ3n) is 7.37. The van der Waals surface area contributed by atoms with Crippen molar-refractivity contribution in [1.82, 2.24) is 20.0 Å². The standard InChI is InChI=1S/C28H33N5O4S2/c34-27(31-20-7-2-1-3-8-20)26(25-11-6-18-38-25)33(28(35)24-19-29-16-17-30-24)22-12-14-23(15-13-22)39(36,37)32-21-9-4-5-10-21/h6,11-21,26,32H,1-5,7-10H2,(H,31,34). The summed E-state index contributed by atoms with van der Waals surface area (Å²) in [5.74, 6) is -0.777. The summed E-state index contributed by atoms with van der Waals surface area (Å²) in [6.45, 7) is 0. The molecule has 2 amide bonds. The maximum atomic E-state index is 13.9. The summed E-state index contributed by atoms with van der Waals surface area (Å²) in [7, 11) is -3.71. The summed E-state index contributed by atoms with van der Waals surface area (Å²) in [4.78, 5) is 38.2. The molecule has 0 bridgehead atoms. The lowest BCUT2D eigenvalue weighted by molar-refractivity contribution is -0.123. The molecule has 2 heterocycles. The molecule has 2 aliphatic carbocycles. The maximum Gasteiger partial charge on any atom is 0.279 e. The molecule has 2 saturated carbocycles. The molecule has 0 radical (unpaired) electrons. The molecule has 2 aliphatic rings. The van der Waals surface area contributed by atoms with Crippen LogP contribution in [0.2, 0.25) is 0 Å². The number of aromatic nitrogens is 2. The van der Waals surface area contributed by atoms with Crippen LogP contribution in [0.5, 0.6) is 0 Å². The molecule has 3 aromatic rings. The number of sulfonamides is 1. The zero-order chi connectivity index (χ0) is 27.2. The fourth-order valence-electron chi connectivity index (χ4n) is 5.38. The Kier molecular flexibility index (Phi) is 8.69. The van der Waals surface area contributed by atoms with Gasteiger partial charge in [0.2, 0.25) is 15.9 Å². The zero-order valence-electron chi connectivity index (χ0n) is 21.7. The molecule has 2 N–H and O–H groups in total. The first kappa shape index (κ1) is 27.4.